The maximum atomic E-state index is 12.6. The third-order valence-electron chi connectivity index (χ3n) is 5.66. The quantitative estimate of drug-likeness (QED) is 0.214. The van der Waals surface area contributed by atoms with Crippen LogP contribution in [0.1, 0.15) is 25.0 Å². The molecule has 37 heavy (non-hydrogen) atoms. The fraction of sp³-hybridized carbons (Fsp3) is 0.214. The van der Waals surface area contributed by atoms with Crippen LogP contribution < -0.4 is 26.0 Å². The summed E-state index contributed by atoms with van der Waals surface area (Å²) in [6.45, 7) is 4.18. The van der Waals surface area contributed by atoms with Crippen LogP contribution in [0.5, 0.6) is 5.75 Å². The largest absolute Gasteiger partial charge is 0.495 e. The van der Waals surface area contributed by atoms with Crippen molar-refractivity contribution >= 4 is 40.8 Å². The smallest absolute Gasteiger partial charge is 0.243 e. The zero-order valence-electron chi connectivity index (χ0n) is 21.2. The zero-order chi connectivity index (χ0) is 26.0. The minimum absolute atomic E-state index is 0.0443. The number of nitrogens with one attached hydrogen (secondary N) is 4. The fourth-order valence-electron chi connectivity index (χ4n) is 3.57. The van der Waals surface area contributed by atoms with Crippen LogP contribution in [0.3, 0.4) is 0 Å². The Balaban J connectivity index is 1.51. The number of benzene rings is 3. The van der Waals surface area contributed by atoms with E-state index in [1.54, 1.807) is 19.2 Å². The van der Waals surface area contributed by atoms with Gasteiger partial charge >= 0.3 is 0 Å². The van der Waals surface area contributed by atoms with E-state index in [4.69, 9.17) is 4.74 Å². The Morgan fingerprint density at radius 2 is 1.24 bits per heavy atom. The highest BCUT2D eigenvalue weighted by atomic mass is 16.5. The SMILES string of the molecule is CCc1ccc(Nc2nc(NCC(=O)Nc3ccccc3OC)nc(Nc3ccc(CC)cc3)n2)cc1. The number of carbonyl (C=O) groups excluding carboxylic acids is 1. The first-order valence-electron chi connectivity index (χ1n) is 12.2. The number of ether oxygens (including phenoxy) is 1. The van der Waals surface area contributed by atoms with Gasteiger partial charge in [0.1, 0.15) is 5.75 Å². The van der Waals surface area contributed by atoms with Gasteiger partial charge in [-0.05, 0) is 60.4 Å². The molecule has 0 saturated carbocycles. The molecule has 4 rings (SSSR count). The lowest BCUT2D eigenvalue weighted by Crippen LogP contribution is -2.23. The molecule has 0 radical (unpaired) electrons. The number of carbonyl (C=O) groups is 1. The predicted octanol–water partition coefficient (Wildman–Crippen LogP) is 5.54. The number of rotatable bonds is 11. The lowest BCUT2D eigenvalue weighted by atomic mass is 10.1. The van der Waals surface area contributed by atoms with Crippen LogP contribution in [0.2, 0.25) is 0 Å². The Labute approximate surface area is 216 Å². The summed E-state index contributed by atoms with van der Waals surface area (Å²) >= 11 is 0. The summed E-state index contributed by atoms with van der Waals surface area (Å²) in [7, 11) is 1.56. The molecule has 0 atom stereocenters. The van der Waals surface area contributed by atoms with Crippen LogP contribution in [0.4, 0.5) is 34.9 Å². The minimum atomic E-state index is -0.265. The van der Waals surface area contributed by atoms with Crippen molar-refractivity contribution in [3.63, 3.8) is 0 Å². The average Bonchev–Trinajstić information content (AvgIpc) is 2.93. The van der Waals surface area contributed by atoms with Crippen molar-refractivity contribution in [1.82, 2.24) is 15.0 Å². The lowest BCUT2D eigenvalue weighted by Gasteiger charge is -2.13. The molecule has 4 N–H and O–H groups in total. The molecular weight excluding hydrogens is 466 g/mol. The van der Waals surface area contributed by atoms with Crippen molar-refractivity contribution in [3.05, 3.63) is 83.9 Å². The molecule has 9 heteroatoms. The summed E-state index contributed by atoms with van der Waals surface area (Å²) in [5.74, 6) is 1.26. The molecule has 0 bridgehead atoms. The minimum Gasteiger partial charge on any atom is -0.495 e. The summed E-state index contributed by atoms with van der Waals surface area (Å²) in [6, 6.07) is 23.4. The molecule has 0 aliphatic rings. The normalized spacial score (nSPS) is 10.5. The predicted molar refractivity (Wildman–Crippen MR) is 148 cm³/mol. The number of hydrogen-bond acceptors (Lipinski definition) is 8. The van der Waals surface area contributed by atoms with Gasteiger partial charge in [-0.2, -0.15) is 15.0 Å². The monoisotopic (exact) mass is 497 g/mol. The van der Waals surface area contributed by atoms with Gasteiger partial charge in [-0.3, -0.25) is 4.79 Å². The molecular formula is C28H31N7O2. The van der Waals surface area contributed by atoms with E-state index in [-0.39, 0.29) is 18.4 Å². The molecule has 0 spiro atoms. The van der Waals surface area contributed by atoms with E-state index in [0.717, 1.165) is 24.2 Å². The van der Waals surface area contributed by atoms with Crippen LogP contribution in [0.15, 0.2) is 72.8 Å². The summed E-state index contributed by atoms with van der Waals surface area (Å²) in [5, 5.41) is 12.3. The van der Waals surface area contributed by atoms with E-state index in [9.17, 15) is 4.79 Å². The fourth-order valence-corrected chi connectivity index (χ4v) is 3.57. The van der Waals surface area contributed by atoms with Gasteiger partial charge in [0.05, 0.1) is 19.3 Å². The van der Waals surface area contributed by atoms with E-state index < -0.39 is 0 Å². The van der Waals surface area contributed by atoms with Gasteiger partial charge in [-0.25, -0.2) is 0 Å². The average molecular weight is 498 g/mol. The number of para-hydroxylation sites is 2. The Morgan fingerprint density at radius 1 is 0.730 bits per heavy atom. The van der Waals surface area contributed by atoms with Crippen molar-refractivity contribution < 1.29 is 9.53 Å². The van der Waals surface area contributed by atoms with E-state index in [1.165, 1.54) is 11.1 Å². The summed E-state index contributed by atoms with van der Waals surface area (Å²) in [4.78, 5) is 26.0. The third-order valence-corrected chi connectivity index (χ3v) is 5.66. The van der Waals surface area contributed by atoms with Gasteiger partial charge in [0, 0.05) is 11.4 Å². The molecule has 190 valence electrons. The standard InChI is InChI=1S/C28H31N7O2/c1-4-19-10-14-21(15-11-19)30-27-33-26(29-18-25(36)32-23-8-6-7-9-24(23)37-3)34-28(35-27)31-22-16-12-20(5-2)13-17-22/h6-17H,4-5,18H2,1-3H3,(H,32,36)(H3,29,30,31,33,34,35). The molecule has 3 aromatic carbocycles. The first-order valence-corrected chi connectivity index (χ1v) is 12.2. The molecule has 0 fully saturated rings. The molecule has 0 aliphatic carbocycles. The highest BCUT2D eigenvalue weighted by Crippen LogP contribution is 2.23. The number of nitrogens with zero attached hydrogens (tertiary/aromatic N) is 3. The van der Waals surface area contributed by atoms with Crippen LogP contribution in [0.25, 0.3) is 0 Å². The number of aryl methyl sites for hydroxylation is 2. The summed E-state index contributed by atoms with van der Waals surface area (Å²) in [5.41, 5.74) is 4.76. The van der Waals surface area contributed by atoms with Gasteiger partial charge < -0.3 is 26.0 Å². The molecule has 1 aromatic heterocycles. The molecule has 4 aromatic rings. The number of amides is 1. The van der Waals surface area contributed by atoms with Gasteiger partial charge in [-0.15, -0.1) is 0 Å². The molecule has 1 heterocycles. The molecule has 0 aliphatic heterocycles. The van der Waals surface area contributed by atoms with Crippen molar-refractivity contribution in [2.24, 2.45) is 0 Å². The van der Waals surface area contributed by atoms with Crippen LogP contribution in [-0.2, 0) is 17.6 Å². The Bertz CT molecular complexity index is 1260. The van der Waals surface area contributed by atoms with Crippen LogP contribution in [0, 0.1) is 0 Å². The highest BCUT2D eigenvalue weighted by molar-refractivity contribution is 5.94. The first-order chi connectivity index (χ1) is 18.1. The van der Waals surface area contributed by atoms with E-state index >= 15 is 0 Å². The number of methoxy groups -OCH3 is 1. The van der Waals surface area contributed by atoms with Gasteiger partial charge in [0.15, 0.2) is 0 Å². The van der Waals surface area contributed by atoms with Crippen molar-refractivity contribution in [2.75, 3.05) is 34.9 Å². The lowest BCUT2D eigenvalue weighted by molar-refractivity contribution is -0.114. The molecule has 9 nitrogen and oxygen atoms in total. The highest BCUT2D eigenvalue weighted by Gasteiger charge is 2.11. The van der Waals surface area contributed by atoms with Crippen molar-refractivity contribution in [1.29, 1.82) is 0 Å². The number of aromatic nitrogens is 3. The Hall–Kier alpha value is -4.66. The second-order valence-electron chi connectivity index (χ2n) is 8.26. The maximum absolute atomic E-state index is 12.6. The molecule has 1 amide bonds. The molecule has 0 unspecified atom stereocenters. The molecule has 0 saturated heterocycles. The number of anilines is 6. The third kappa shape index (κ3) is 7.17. The van der Waals surface area contributed by atoms with Crippen molar-refractivity contribution in [3.8, 4) is 5.75 Å². The number of hydrogen-bond donors (Lipinski definition) is 4. The van der Waals surface area contributed by atoms with Crippen LogP contribution in [-0.4, -0.2) is 34.5 Å². The van der Waals surface area contributed by atoms with E-state index in [0.29, 0.717) is 23.3 Å². The first kappa shape index (κ1) is 25.4. The van der Waals surface area contributed by atoms with Gasteiger partial charge in [0.25, 0.3) is 0 Å². The Morgan fingerprint density at radius 3 is 1.76 bits per heavy atom. The van der Waals surface area contributed by atoms with E-state index in [1.807, 2.05) is 36.4 Å². The second kappa shape index (κ2) is 12.3. The summed E-state index contributed by atoms with van der Waals surface area (Å²) in [6.07, 6.45) is 1.92. The van der Waals surface area contributed by atoms with Gasteiger partial charge in [0.2, 0.25) is 23.8 Å². The van der Waals surface area contributed by atoms with Gasteiger partial charge in [-0.1, -0.05) is 50.2 Å². The second-order valence-corrected chi connectivity index (χ2v) is 8.26. The maximum Gasteiger partial charge on any atom is 0.243 e. The Kier molecular flexibility index (Phi) is 8.49. The summed E-state index contributed by atoms with van der Waals surface area (Å²) < 4.78 is 5.30. The van der Waals surface area contributed by atoms with Crippen LogP contribution >= 0.6 is 0 Å². The van der Waals surface area contributed by atoms with E-state index in [2.05, 4.69) is 74.3 Å². The topological polar surface area (TPSA) is 113 Å². The van der Waals surface area contributed by atoms with Crippen molar-refractivity contribution in [2.45, 2.75) is 26.7 Å². The zero-order valence-corrected chi connectivity index (χ0v) is 21.2.